The van der Waals surface area contributed by atoms with E-state index in [1.807, 2.05) is 27.7 Å². The number of aliphatic hydroxyl groups excluding tert-OH is 1. The van der Waals surface area contributed by atoms with Crippen molar-refractivity contribution in [2.75, 3.05) is 38.7 Å². The molecule has 0 bridgehead atoms. The van der Waals surface area contributed by atoms with Crippen LogP contribution in [0.4, 0.5) is 0 Å². The van der Waals surface area contributed by atoms with Gasteiger partial charge >= 0.3 is 11.9 Å². The summed E-state index contributed by atoms with van der Waals surface area (Å²) < 4.78 is 59.4. The van der Waals surface area contributed by atoms with Gasteiger partial charge in [-0.1, -0.05) is 27.7 Å². The molecule has 1 aromatic rings. The number of nitrogens with one attached hydrogen (secondary N) is 2. The molecule has 19 nitrogen and oxygen atoms in total. The number of aliphatic hydroxyl groups is 1. The van der Waals surface area contributed by atoms with Crippen molar-refractivity contribution in [2.45, 2.75) is 85.0 Å². The Morgan fingerprint density at radius 1 is 1.02 bits per heavy atom. The number of hydrogen-bond donors (Lipinski definition) is 5. The molecule has 0 spiro atoms. The van der Waals surface area contributed by atoms with Crippen LogP contribution in [0.5, 0.6) is 11.5 Å². The molecule has 2 aliphatic rings. The van der Waals surface area contributed by atoms with E-state index in [9.17, 15) is 52.0 Å². The Labute approximate surface area is 307 Å². The Morgan fingerprint density at radius 3 is 2.28 bits per heavy atom. The van der Waals surface area contributed by atoms with E-state index in [1.54, 1.807) is 6.07 Å². The number of carbonyl (C=O) groups excluding carboxylic acids is 5. The van der Waals surface area contributed by atoms with Gasteiger partial charge in [-0.3, -0.25) is 33.4 Å². The molecule has 1 fully saturated rings. The normalized spacial score (nSPS) is 18.4. The quantitative estimate of drug-likeness (QED) is 0.0548. The number of amides is 4. The number of benzene rings is 1. The average molecular weight is 776 g/mol. The monoisotopic (exact) mass is 775 g/mol. The molecule has 0 radical (unpaired) electrons. The van der Waals surface area contributed by atoms with Crippen LogP contribution in [-0.2, 0) is 59.7 Å². The van der Waals surface area contributed by atoms with Crippen molar-refractivity contribution in [1.82, 2.24) is 15.5 Å². The smallest absolute Gasteiger partial charge is 0.333 e. The van der Waals surface area contributed by atoms with Crippen LogP contribution < -0.4 is 20.1 Å². The van der Waals surface area contributed by atoms with Crippen LogP contribution in [0.3, 0.4) is 0 Å². The molecule has 298 valence electrons. The van der Waals surface area contributed by atoms with E-state index in [0.717, 1.165) is 17.1 Å². The molecule has 2 heterocycles. The number of carboxylic acids is 1. The van der Waals surface area contributed by atoms with Crippen molar-refractivity contribution < 1.29 is 75.6 Å². The zero-order valence-electron chi connectivity index (χ0n) is 30.3. The minimum atomic E-state index is -4.69. The highest BCUT2D eigenvalue weighted by molar-refractivity contribution is 7.85. The number of carbonyl (C=O) groups is 6. The first kappa shape index (κ1) is 46.4. The van der Waals surface area contributed by atoms with Gasteiger partial charge in [-0.05, 0) is 12.1 Å². The molecule has 2 aliphatic heterocycles. The third-order valence-electron chi connectivity index (χ3n) is 6.80. The molecule has 3 rings (SSSR count). The molecule has 1 saturated heterocycles. The van der Waals surface area contributed by atoms with E-state index in [2.05, 4.69) is 10.6 Å². The number of hydrogen-bond acceptors (Lipinski definition) is 14. The van der Waals surface area contributed by atoms with Crippen molar-refractivity contribution in [2.24, 2.45) is 0 Å². The van der Waals surface area contributed by atoms with E-state index in [1.165, 1.54) is 19.1 Å². The van der Waals surface area contributed by atoms with Gasteiger partial charge in [0.15, 0.2) is 6.10 Å². The fourth-order valence-corrected chi connectivity index (χ4v) is 5.15. The van der Waals surface area contributed by atoms with Crippen molar-refractivity contribution in [3.05, 3.63) is 35.9 Å². The van der Waals surface area contributed by atoms with Gasteiger partial charge in [0.1, 0.15) is 36.5 Å². The third kappa shape index (κ3) is 17.6. The maximum Gasteiger partial charge on any atom is 0.333 e. The lowest BCUT2D eigenvalue weighted by Gasteiger charge is -2.31. The summed E-state index contributed by atoms with van der Waals surface area (Å²) in [5.74, 6) is -5.49. The number of ether oxygens (including phenoxy) is 5. The summed E-state index contributed by atoms with van der Waals surface area (Å²) in [6, 6.07) is 2.86. The van der Waals surface area contributed by atoms with E-state index in [4.69, 9.17) is 23.7 Å². The second kappa shape index (κ2) is 23.8. The van der Waals surface area contributed by atoms with Gasteiger partial charge < -0.3 is 44.5 Å². The Kier molecular flexibility index (Phi) is 20.9. The predicted molar refractivity (Wildman–Crippen MR) is 185 cm³/mol. The molecule has 4 atom stereocenters. The van der Waals surface area contributed by atoms with Gasteiger partial charge in [0.05, 0.1) is 19.3 Å². The molecule has 0 aromatic heterocycles. The summed E-state index contributed by atoms with van der Waals surface area (Å²) in [6.45, 7) is 8.53. The SMILES string of the molecule is CC.CC.CC(=O)OCc1ccc(OC2CC(O)CC(C(=O)O)O2)cc1OCCOCCNC(=O)C(CS(=O)(=O)O)NC(=O)CCN1C(=O)C=CC1=O. The molecule has 0 saturated carbocycles. The number of carboxylic acid groups (broad SMARTS) is 1. The van der Waals surface area contributed by atoms with Gasteiger partial charge in [-0.2, -0.15) is 8.42 Å². The molecule has 20 heteroatoms. The number of rotatable bonds is 19. The van der Waals surface area contributed by atoms with Crippen molar-refractivity contribution in [3.8, 4) is 11.5 Å². The van der Waals surface area contributed by atoms with Crippen LogP contribution in [0.15, 0.2) is 30.4 Å². The lowest BCUT2D eigenvalue weighted by Crippen LogP contribution is -2.51. The second-order valence-corrected chi connectivity index (χ2v) is 12.2. The first-order chi connectivity index (χ1) is 25.1. The summed E-state index contributed by atoms with van der Waals surface area (Å²) in [6.07, 6.45) is -1.66. The fraction of sp³-hybridized carbons (Fsp3) is 0.576. The summed E-state index contributed by atoms with van der Waals surface area (Å²) in [5.41, 5.74) is 0.463. The van der Waals surface area contributed by atoms with Gasteiger partial charge in [-0.15, -0.1) is 0 Å². The van der Waals surface area contributed by atoms with Crippen molar-refractivity contribution >= 4 is 45.7 Å². The van der Waals surface area contributed by atoms with Crippen LogP contribution >= 0.6 is 0 Å². The van der Waals surface area contributed by atoms with Crippen molar-refractivity contribution in [3.63, 3.8) is 0 Å². The summed E-state index contributed by atoms with van der Waals surface area (Å²) in [5, 5.41) is 23.8. The van der Waals surface area contributed by atoms with Crippen LogP contribution in [0.2, 0.25) is 0 Å². The van der Waals surface area contributed by atoms with Gasteiger partial charge in [0, 0.05) is 63.1 Å². The lowest BCUT2D eigenvalue weighted by atomic mass is 10.1. The summed E-state index contributed by atoms with van der Waals surface area (Å²) in [4.78, 5) is 71.6. The van der Waals surface area contributed by atoms with E-state index in [0.29, 0.717) is 5.56 Å². The van der Waals surface area contributed by atoms with E-state index < -0.39 is 82.4 Å². The molecular weight excluding hydrogens is 726 g/mol. The Morgan fingerprint density at radius 2 is 1.68 bits per heavy atom. The van der Waals surface area contributed by atoms with Crippen LogP contribution in [0, 0.1) is 0 Å². The molecule has 0 aliphatic carbocycles. The maximum atomic E-state index is 12.6. The largest absolute Gasteiger partial charge is 0.491 e. The fourth-order valence-electron chi connectivity index (χ4n) is 4.49. The number of imide groups is 1. The topological polar surface area (TPSA) is 271 Å². The van der Waals surface area contributed by atoms with Crippen LogP contribution in [0.1, 0.15) is 59.4 Å². The molecule has 1 aromatic carbocycles. The highest BCUT2D eigenvalue weighted by Gasteiger charge is 2.34. The lowest BCUT2D eigenvalue weighted by molar-refractivity contribution is -0.195. The van der Waals surface area contributed by atoms with E-state index >= 15 is 0 Å². The first-order valence-electron chi connectivity index (χ1n) is 16.9. The van der Waals surface area contributed by atoms with E-state index in [-0.39, 0.29) is 63.9 Å². The Balaban J connectivity index is 0.00000339. The highest BCUT2D eigenvalue weighted by atomic mass is 32.2. The summed E-state index contributed by atoms with van der Waals surface area (Å²) in [7, 11) is -4.69. The number of nitrogens with zero attached hydrogens (tertiary/aromatic N) is 1. The van der Waals surface area contributed by atoms with Gasteiger partial charge in [0.2, 0.25) is 18.1 Å². The molecule has 4 amide bonds. The van der Waals surface area contributed by atoms with Gasteiger partial charge in [-0.25, -0.2) is 4.79 Å². The molecule has 5 N–H and O–H groups in total. The van der Waals surface area contributed by atoms with Crippen LogP contribution in [0.25, 0.3) is 0 Å². The molecule has 53 heavy (non-hydrogen) atoms. The number of esters is 1. The maximum absolute atomic E-state index is 12.6. The summed E-state index contributed by atoms with van der Waals surface area (Å²) >= 11 is 0. The molecule has 4 unspecified atom stereocenters. The first-order valence-corrected chi connectivity index (χ1v) is 18.5. The number of aliphatic carboxylic acids is 1. The van der Waals surface area contributed by atoms with Crippen LogP contribution in [-0.4, -0.2) is 127 Å². The Hall–Kier alpha value is -4.63. The minimum Gasteiger partial charge on any atom is -0.491 e. The standard InChI is InChI=1S/C29H37N3O16S.2C2H6/c1-17(33)46-15-18-2-3-20(47-27-13-19(34)12-23(48-27)29(39)40)14-22(18)45-11-10-44-9-7-30-28(38)21(16-49(41,42)43)31-24(35)6-8-32-25(36)4-5-26(32)37;2*1-2/h2-5,14,19,21,23,27,34H,6-13,15-16H2,1H3,(H,30,38)(H,31,35)(H,39,40)(H,41,42,43);2*1-2H3. The average Bonchev–Trinajstić information content (AvgIpc) is 3.42. The predicted octanol–water partition coefficient (Wildman–Crippen LogP) is 0.331. The minimum absolute atomic E-state index is 0.0137. The highest BCUT2D eigenvalue weighted by Crippen LogP contribution is 2.29. The molecular formula is C33H49N3O16S. The van der Waals surface area contributed by atoms with Gasteiger partial charge in [0.25, 0.3) is 21.9 Å². The zero-order chi connectivity index (χ0) is 40.1. The zero-order valence-corrected chi connectivity index (χ0v) is 31.1. The second-order valence-electron chi connectivity index (χ2n) is 10.7. The Bertz CT molecular complexity index is 1520. The van der Waals surface area contributed by atoms with Crippen molar-refractivity contribution in [1.29, 1.82) is 0 Å². The third-order valence-corrected chi connectivity index (χ3v) is 7.56.